The van der Waals surface area contributed by atoms with Crippen LogP contribution in [0.15, 0.2) is 29.5 Å². The second kappa shape index (κ2) is 6.27. The van der Waals surface area contributed by atoms with E-state index in [-0.39, 0.29) is 5.91 Å². The van der Waals surface area contributed by atoms with Crippen LogP contribution in [-0.2, 0) is 22.5 Å². The molecule has 8 nitrogen and oxygen atoms in total. The van der Waals surface area contributed by atoms with E-state index in [1.807, 2.05) is 18.2 Å². The monoisotopic (exact) mass is 337 g/mol. The van der Waals surface area contributed by atoms with Gasteiger partial charge in [0.05, 0.1) is 13.0 Å². The maximum Gasteiger partial charge on any atom is 0.491 e. The summed E-state index contributed by atoms with van der Waals surface area (Å²) in [4.78, 5) is 26.0. The van der Waals surface area contributed by atoms with Gasteiger partial charge >= 0.3 is 7.12 Å². The van der Waals surface area contributed by atoms with Crippen molar-refractivity contribution in [3.8, 4) is 0 Å². The van der Waals surface area contributed by atoms with Crippen LogP contribution in [0.5, 0.6) is 0 Å². The van der Waals surface area contributed by atoms with Gasteiger partial charge in [-0.25, -0.2) is 9.97 Å². The van der Waals surface area contributed by atoms with Crippen molar-refractivity contribution >= 4 is 36.3 Å². The number of amides is 1. The van der Waals surface area contributed by atoms with Crippen LogP contribution in [-0.4, -0.2) is 47.9 Å². The number of rotatable bonds is 4. The van der Waals surface area contributed by atoms with Gasteiger partial charge < -0.3 is 15.0 Å². The number of nitrogens with zero attached hydrogens (tertiary/aromatic N) is 4. The molecule has 0 aliphatic carbocycles. The molecule has 1 aromatic heterocycles. The van der Waals surface area contributed by atoms with Crippen LogP contribution in [0.2, 0.25) is 0 Å². The number of aliphatic imine (C=N–C) groups is 1. The van der Waals surface area contributed by atoms with Crippen molar-refractivity contribution in [2.45, 2.75) is 13.0 Å². The van der Waals surface area contributed by atoms with Gasteiger partial charge in [0.15, 0.2) is 0 Å². The summed E-state index contributed by atoms with van der Waals surface area (Å²) in [5.41, 5.74) is 3.51. The Balaban J connectivity index is 1.42. The van der Waals surface area contributed by atoms with Crippen molar-refractivity contribution in [2.75, 3.05) is 23.9 Å². The van der Waals surface area contributed by atoms with Crippen molar-refractivity contribution in [3.63, 3.8) is 0 Å². The van der Waals surface area contributed by atoms with Gasteiger partial charge in [-0.1, -0.05) is 12.1 Å². The summed E-state index contributed by atoms with van der Waals surface area (Å²) in [6, 6.07) is 5.68. The predicted octanol–water partition coefficient (Wildman–Crippen LogP) is -0.298. The fraction of sp³-hybridized carbons (Fsp3) is 0.250. The summed E-state index contributed by atoms with van der Waals surface area (Å²) in [7, 11) is 0.876. The molecule has 0 radical (unpaired) electrons. The number of carbonyl (C=O) groups excluding carboxylic acids is 1. The van der Waals surface area contributed by atoms with Crippen LogP contribution < -0.4 is 15.7 Å². The normalized spacial score (nSPS) is 15.8. The number of anilines is 2. The quantitative estimate of drug-likeness (QED) is 0.587. The zero-order valence-electron chi connectivity index (χ0n) is 13.6. The Hall–Kier alpha value is -2.78. The Morgan fingerprint density at radius 2 is 2.36 bits per heavy atom. The van der Waals surface area contributed by atoms with Crippen LogP contribution >= 0.6 is 0 Å². The van der Waals surface area contributed by atoms with E-state index in [1.54, 1.807) is 13.3 Å². The Morgan fingerprint density at radius 1 is 1.48 bits per heavy atom. The van der Waals surface area contributed by atoms with Gasteiger partial charge in [0.2, 0.25) is 5.91 Å². The van der Waals surface area contributed by atoms with Gasteiger partial charge in [-0.3, -0.25) is 14.7 Å². The first-order valence-corrected chi connectivity index (χ1v) is 7.90. The third-order valence-electron chi connectivity index (χ3n) is 4.35. The number of benzene rings is 1. The highest BCUT2D eigenvalue weighted by Gasteiger charge is 2.28. The smallest absolute Gasteiger partial charge is 0.423 e. The maximum atomic E-state index is 11.8. The van der Waals surface area contributed by atoms with Gasteiger partial charge in [0.1, 0.15) is 24.6 Å². The molecule has 9 heteroatoms. The average molecular weight is 337 g/mol. The molecule has 3 heterocycles. The Bertz CT molecular complexity index is 873. The molecular formula is C16H16BN5O3. The van der Waals surface area contributed by atoms with E-state index >= 15 is 0 Å². The number of hydrogen-bond donors (Lipinski definition) is 2. The lowest BCUT2D eigenvalue weighted by Gasteiger charge is -2.09. The highest BCUT2D eigenvalue weighted by molar-refractivity contribution is 6.61. The first kappa shape index (κ1) is 15.7. The second-order valence-corrected chi connectivity index (χ2v) is 5.92. The van der Waals surface area contributed by atoms with Crippen molar-refractivity contribution in [3.05, 3.63) is 41.2 Å². The Morgan fingerprint density at radius 3 is 3.24 bits per heavy atom. The highest BCUT2D eigenvalue weighted by Crippen LogP contribution is 2.29. The van der Waals surface area contributed by atoms with Crippen molar-refractivity contribution in [1.82, 2.24) is 9.97 Å². The van der Waals surface area contributed by atoms with Gasteiger partial charge in [0.25, 0.3) is 0 Å². The number of hydrogen-bond acceptors (Lipinski definition) is 7. The van der Waals surface area contributed by atoms with Crippen molar-refractivity contribution in [1.29, 1.82) is 0 Å². The molecule has 2 aliphatic rings. The van der Waals surface area contributed by atoms with Crippen molar-refractivity contribution in [2.24, 2.45) is 4.99 Å². The molecule has 2 aromatic rings. The fourth-order valence-corrected chi connectivity index (χ4v) is 3.00. The molecular weight excluding hydrogens is 321 g/mol. The van der Waals surface area contributed by atoms with E-state index in [0.29, 0.717) is 31.3 Å². The van der Waals surface area contributed by atoms with Gasteiger partial charge in [-0.2, -0.15) is 0 Å². The minimum absolute atomic E-state index is 0.00426. The van der Waals surface area contributed by atoms with E-state index in [2.05, 4.69) is 20.3 Å². The van der Waals surface area contributed by atoms with E-state index in [9.17, 15) is 9.82 Å². The fourth-order valence-electron chi connectivity index (χ4n) is 3.00. The third-order valence-corrected chi connectivity index (χ3v) is 4.35. The second-order valence-electron chi connectivity index (χ2n) is 5.92. The third kappa shape index (κ3) is 2.88. The number of carbonyl (C=O) groups is 1. The van der Waals surface area contributed by atoms with Crippen molar-refractivity contribution < 1.29 is 14.5 Å². The van der Waals surface area contributed by atoms with E-state index in [0.717, 1.165) is 22.2 Å². The molecule has 1 amide bonds. The molecule has 25 heavy (non-hydrogen) atoms. The van der Waals surface area contributed by atoms with Gasteiger partial charge in [-0.15, -0.1) is 0 Å². The Kier molecular flexibility index (Phi) is 3.94. The summed E-state index contributed by atoms with van der Waals surface area (Å²) in [6.07, 6.45) is 3.48. The minimum Gasteiger partial charge on any atom is -0.423 e. The topological polar surface area (TPSA) is 99.9 Å². The molecule has 2 aliphatic heterocycles. The van der Waals surface area contributed by atoms with Crippen LogP contribution in [0.1, 0.15) is 16.7 Å². The number of fused-ring (bicyclic) bond motifs is 2. The van der Waals surface area contributed by atoms with E-state index < -0.39 is 7.12 Å². The highest BCUT2D eigenvalue weighted by atomic mass is 16.5. The summed E-state index contributed by atoms with van der Waals surface area (Å²) >= 11 is 0. The Labute approximate surface area is 144 Å². The van der Waals surface area contributed by atoms with E-state index in [1.165, 1.54) is 11.2 Å². The molecule has 0 spiro atoms. The number of aromatic nitrogens is 2. The molecule has 0 atom stereocenters. The maximum absolute atomic E-state index is 11.8. The van der Waals surface area contributed by atoms with E-state index in [4.69, 9.17) is 4.65 Å². The van der Waals surface area contributed by atoms with Crippen LogP contribution in [0.3, 0.4) is 0 Å². The number of likely N-dealkylation sites (N-methyl/N-ethyl adjacent to an activating group) is 1. The van der Waals surface area contributed by atoms with Crippen LogP contribution in [0, 0.1) is 0 Å². The molecule has 126 valence electrons. The molecule has 0 saturated carbocycles. The lowest BCUT2D eigenvalue weighted by Crippen LogP contribution is -2.27. The van der Waals surface area contributed by atoms with Crippen LogP contribution in [0.25, 0.3) is 0 Å². The SMILES string of the molecule is CN1C(=O)Cc2c(NCN=Cc3ccc4c(c3)COB4O)ncnc21. The van der Waals surface area contributed by atoms with Gasteiger partial charge in [0, 0.05) is 18.8 Å². The summed E-state index contributed by atoms with van der Waals surface area (Å²) in [6.45, 7) is 0.739. The molecule has 1 aromatic carbocycles. The average Bonchev–Trinajstić information content (AvgIpc) is 3.13. The minimum atomic E-state index is -0.830. The first-order valence-electron chi connectivity index (χ1n) is 7.90. The standard InChI is InChI=1S/C16H16BN5O3/c1-22-14(23)5-12-15(20-9-21-16(12)22)19-8-18-6-10-2-3-13-11(4-10)7-25-17(13)24/h2-4,6,9,24H,5,7-8H2,1H3,(H,19,20,21). The predicted molar refractivity (Wildman–Crippen MR) is 94.1 cm³/mol. The lowest BCUT2D eigenvalue weighted by atomic mass is 9.79. The lowest BCUT2D eigenvalue weighted by molar-refractivity contribution is -0.117. The largest absolute Gasteiger partial charge is 0.491 e. The summed E-state index contributed by atoms with van der Waals surface area (Å²) in [5, 5.41) is 12.7. The molecule has 0 fully saturated rings. The zero-order chi connectivity index (χ0) is 17.4. The molecule has 2 N–H and O–H groups in total. The number of nitrogens with one attached hydrogen (secondary N) is 1. The summed E-state index contributed by atoms with van der Waals surface area (Å²) < 4.78 is 5.17. The molecule has 0 saturated heterocycles. The first-order chi connectivity index (χ1) is 12.1. The molecule has 0 bridgehead atoms. The molecule has 4 rings (SSSR count). The van der Waals surface area contributed by atoms with Gasteiger partial charge in [-0.05, 0) is 22.7 Å². The van der Waals surface area contributed by atoms with Crippen LogP contribution in [0.4, 0.5) is 11.6 Å². The zero-order valence-corrected chi connectivity index (χ0v) is 13.6. The molecule has 0 unspecified atom stereocenters. The summed E-state index contributed by atoms with van der Waals surface area (Å²) in [5.74, 6) is 1.28.